The van der Waals surface area contributed by atoms with Crippen LogP contribution in [0.25, 0.3) is 11.5 Å². The van der Waals surface area contributed by atoms with Crippen LogP contribution < -0.4 is 0 Å². The summed E-state index contributed by atoms with van der Waals surface area (Å²) in [5, 5.41) is 17.1. The lowest BCUT2D eigenvalue weighted by atomic mass is 10.0. The van der Waals surface area contributed by atoms with Crippen LogP contribution in [0.4, 0.5) is 0 Å². The molecule has 2 aromatic carbocycles. The highest BCUT2D eigenvalue weighted by atomic mass is 16.5. The molecule has 2 N–H and O–H groups in total. The fraction of sp³-hybridized carbons (Fsp3) is 0.385. The maximum atomic E-state index is 11.8. The molecule has 2 aromatic rings. The van der Waals surface area contributed by atoms with Crippen LogP contribution in [0.1, 0.15) is 38.8 Å². The summed E-state index contributed by atoms with van der Waals surface area (Å²) in [6, 6.07) is 20.0. The number of likely N-dealkylation sites (N-methyl/N-ethyl adjacent to an activating group) is 1. The van der Waals surface area contributed by atoms with Gasteiger partial charge in [-0.25, -0.2) is 0 Å². The van der Waals surface area contributed by atoms with E-state index in [1.807, 2.05) is 48.5 Å². The second-order valence-electron chi connectivity index (χ2n) is 7.78. The lowest BCUT2D eigenvalue weighted by Crippen LogP contribution is -2.43. The van der Waals surface area contributed by atoms with Crippen LogP contribution in [-0.2, 0) is 14.3 Å². The Morgan fingerprint density at radius 3 is 1.91 bits per heavy atom. The first-order valence-corrected chi connectivity index (χ1v) is 11.2. The molecule has 0 spiro atoms. The molecule has 0 bridgehead atoms. The number of aliphatic carboxylic acids is 2. The van der Waals surface area contributed by atoms with Crippen molar-refractivity contribution in [1.82, 2.24) is 9.80 Å². The molecule has 0 aromatic heterocycles. The molecular formula is C26H34N2O5. The topological polar surface area (TPSA) is 90.3 Å². The highest BCUT2D eigenvalue weighted by Gasteiger charge is 2.40. The third-order valence-corrected chi connectivity index (χ3v) is 5.50. The Morgan fingerprint density at radius 1 is 0.970 bits per heavy atom. The van der Waals surface area contributed by atoms with Crippen LogP contribution in [-0.4, -0.2) is 64.4 Å². The summed E-state index contributed by atoms with van der Waals surface area (Å²) in [5.41, 5.74) is 2.95. The maximum Gasteiger partial charge on any atom is 0.311 e. The van der Waals surface area contributed by atoms with Crippen molar-refractivity contribution in [2.45, 2.75) is 33.9 Å². The van der Waals surface area contributed by atoms with Gasteiger partial charge < -0.3 is 24.7 Å². The molecule has 0 saturated heterocycles. The molecule has 7 heteroatoms. The van der Waals surface area contributed by atoms with Gasteiger partial charge in [-0.1, -0.05) is 74.5 Å². The van der Waals surface area contributed by atoms with Crippen molar-refractivity contribution in [3.8, 4) is 0 Å². The quantitative estimate of drug-likeness (QED) is 0.583. The smallest absolute Gasteiger partial charge is 0.311 e. The predicted molar refractivity (Wildman–Crippen MR) is 129 cm³/mol. The minimum Gasteiger partial charge on any atom is -0.481 e. The molecule has 2 unspecified atom stereocenters. The Hall–Kier alpha value is -3.32. The van der Waals surface area contributed by atoms with E-state index in [1.54, 1.807) is 6.92 Å². The normalized spacial score (nSPS) is 16.2. The molecule has 3 rings (SSSR count). The average Bonchev–Trinajstić information content (AvgIpc) is 3.19. The standard InChI is InChI=1S/C24H30N2O3.C2H4O2/c1-4-25(5-2)16-17-26-21(19-12-8-6-9-13-19)22(20-14-10-7-11-15-20)29-23(26)18(3)24(27)28;1-2(3)4/h6-15,18,23H,4-5,16-17H2,1-3H3,(H,27,28);1H3,(H,3,4). The number of carboxylic acid groups (broad SMARTS) is 2. The minimum atomic E-state index is -0.857. The van der Waals surface area contributed by atoms with E-state index in [-0.39, 0.29) is 0 Å². The van der Waals surface area contributed by atoms with E-state index in [9.17, 15) is 9.90 Å². The van der Waals surface area contributed by atoms with Crippen molar-refractivity contribution in [3.63, 3.8) is 0 Å². The van der Waals surface area contributed by atoms with E-state index in [1.165, 1.54) is 0 Å². The fourth-order valence-electron chi connectivity index (χ4n) is 3.71. The number of carboxylic acids is 2. The number of carbonyl (C=O) groups is 2. The zero-order valence-corrected chi connectivity index (χ0v) is 19.8. The summed E-state index contributed by atoms with van der Waals surface area (Å²) in [5.74, 6) is -1.61. The Kier molecular flexibility index (Phi) is 9.94. The Morgan fingerprint density at radius 2 is 1.45 bits per heavy atom. The van der Waals surface area contributed by atoms with Crippen LogP contribution in [0.5, 0.6) is 0 Å². The molecule has 1 aliphatic rings. The molecule has 33 heavy (non-hydrogen) atoms. The number of nitrogens with zero attached hydrogens (tertiary/aromatic N) is 2. The molecule has 1 aliphatic heterocycles. The number of benzene rings is 2. The van der Waals surface area contributed by atoms with Gasteiger partial charge in [0.15, 0.2) is 12.0 Å². The molecule has 2 atom stereocenters. The minimum absolute atomic E-state index is 0.548. The van der Waals surface area contributed by atoms with Gasteiger partial charge in [-0.3, -0.25) is 9.59 Å². The second kappa shape index (κ2) is 12.6. The molecule has 178 valence electrons. The second-order valence-corrected chi connectivity index (χ2v) is 7.78. The maximum absolute atomic E-state index is 11.8. The summed E-state index contributed by atoms with van der Waals surface area (Å²) in [6.07, 6.45) is -0.548. The molecular weight excluding hydrogens is 420 g/mol. The molecule has 0 saturated carbocycles. The van der Waals surface area contributed by atoms with Crippen LogP contribution >= 0.6 is 0 Å². The molecule has 0 fully saturated rings. The lowest BCUT2D eigenvalue weighted by Gasteiger charge is -2.32. The molecule has 1 heterocycles. The Balaban J connectivity index is 0.000000890. The number of hydrogen-bond donors (Lipinski definition) is 2. The van der Waals surface area contributed by atoms with Gasteiger partial charge in [0, 0.05) is 31.1 Å². The zero-order valence-electron chi connectivity index (χ0n) is 19.8. The van der Waals surface area contributed by atoms with Gasteiger partial charge in [0.1, 0.15) is 5.92 Å². The van der Waals surface area contributed by atoms with E-state index in [4.69, 9.17) is 14.6 Å². The van der Waals surface area contributed by atoms with Gasteiger partial charge in [-0.05, 0) is 20.0 Å². The van der Waals surface area contributed by atoms with Crippen molar-refractivity contribution in [2.24, 2.45) is 5.92 Å². The Labute approximate surface area is 195 Å². The van der Waals surface area contributed by atoms with Crippen LogP contribution in [0, 0.1) is 5.92 Å². The zero-order chi connectivity index (χ0) is 24.4. The summed E-state index contributed by atoms with van der Waals surface area (Å²) in [6.45, 7) is 10.5. The van der Waals surface area contributed by atoms with Crippen molar-refractivity contribution in [1.29, 1.82) is 0 Å². The monoisotopic (exact) mass is 454 g/mol. The van der Waals surface area contributed by atoms with Gasteiger partial charge >= 0.3 is 5.97 Å². The van der Waals surface area contributed by atoms with Crippen LogP contribution in [0.3, 0.4) is 0 Å². The summed E-state index contributed by atoms with van der Waals surface area (Å²) >= 11 is 0. The highest BCUT2D eigenvalue weighted by molar-refractivity contribution is 5.89. The summed E-state index contributed by atoms with van der Waals surface area (Å²) < 4.78 is 6.36. The molecule has 0 radical (unpaired) electrons. The molecule has 0 aliphatic carbocycles. The van der Waals surface area contributed by atoms with E-state index in [0.717, 1.165) is 49.1 Å². The average molecular weight is 455 g/mol. The van der Waals surface area contributed by atoms with Crippen LogP contribution in [0.2, 0.25) is 0 Å². The third kappa shape index (κ3) is 7.08. The molecule has 7 nitrogen and oxygen atoms in total. The van der Waals surface area contributed by atoms with Gasteiger partial charge in [-0.2, -0.15) is 0 Å². The fourth-order valence-corrected chi connectivity index (χ4v) is 3.71. The van der Waals surface area contributed by atoms with Crippen molar-refractivity contribution in [3.05, 3.63) is 71.8 Å². The van der Waals surface area contributed by atoms with Gasteiger partial charge in [0.05, 0.1) is 5.70 Å². The largest absolute Gasteiger partial charge is 0.481 e. The third-order valence-electron chi connectivity index (χ3n) is 5.50. The van der Waals surface area contributed by atoms with Crippen molar-refractivity contribution < 1.29 is 24.5 Å². The van der Waals surface area contributed by atoms with Crippen molar-refractivity contribution >= 4 is 23.4 Å². The first-order chi connectivity index (χ1) is 15.8. The Bertz CT molecular complexity index is 922. The highest BCUT2D eigenvalue weighted by Crippen LogP contribution is 2.41. The number of ether oxygens (including phenoxy) is 1. The number of rotatable bonds is 9. The van der Waals surface area contributed by atoms with Crippen LogP contribution in [0.15, 0.2) is 60.7 Å². The lowest BCUT2D eigenvalue weighted by molar-refractivity contribution is -0.147. The van der Waals surface area contributed by atoms with E-state index < -0.39 is 24.1 Å². The van der Waals surface area contributed by atoms with Gasteiger partial charge in [-0.15, -0.1) is 0 Å². The van der Waals surface area contributed by atoms with E-state index in [2.05, 4.69) is 35.8 Å². The first kappa shape index (κ1) is 25.9. The van der Waals surface area contributed by atoms with Crippen molar-refractivity contribution in [2.75, 3.05) is 26.2 Å². The molecule has 0 amide bonds. The van der Waals surface area contributed by atoms with Gasteiger partial charge in [0.2, 0.25) is 0 Å². The predicted octanol–water partition coefficient (Wildman–Crippen LogP) is 4.32. The SMILES string of the molecule is CC(=O)O.CCN(CC)CCN1C(c2ccccc2)=C(c2ccccc2)OC1C(C)C(=O)O. The van der Waals surface area contributed by atoms with Gasteiger partial charge in [0.25, 0.3) is 5.97 Å². The summed E-state index contributed by atoms with van der Waals surface area (Å²) in [7, 11) is 0. The van der Waals surface area contributed by atoms with E-state index in [0.29, 0.717) is 6.54 Å². The van der Waals surface area contributed by atoms with E-state index >= 15 is 0 Å². The number of hydrogen-bond acceptors (Lipinski definition) is 5. The first-order valence-electron chi connectivity index (χ1n) is 11.2. The summed E-state index contributed by atoms with van der Waals surface area (Å²) in [4.78, 5) is 25.3.